The Bertz CT molecular complexity index is 619. The Morgan fingerprint density at radius 1 is 1.33 bits per heavy atom. The molecule has 0 saturated carbocycles. The molecule has 3 aliphatic rings. The van der Waals surface area contributed by atoms with Crippen LogP contribution in [0.2, 0.25) is 18.1 Å². The minimum atomic E-state index is -2.10. The quantitative estimate of drug-likeness (QED) is 0.526. The second kappa shape index (κ2) is 6.72. The highest BCUT2D eigenvalue weighted by molar-refractivity contribution is 6.74. The molecule has 0 N–H and O–H groups in total. The van der Waals surface area contributed by atoms with Crippen LogP contribution in [0.25, 0.3) is 0 Å². The first-order chi connectivity index (χ1) is 12.4. The molecule has 0 aromatic carbocycles. The molecular formula is C18H31NO7Si. The van der Waals surface area contributed by atoms with Crippen LogP contribution in [0.5, 0.6) is 0 Å². The summed E-state index contributed by atoms with van der Waals surface area (Å²) < 4.78 is 28.9. The van der Waals surface area contributed by atoms with E-state index in [2.05, 4.69) is 33.9 Å². The van der Waals surface area contributed by atoms with Crippen LogP contribution in [-0.2, 0) is 28.2 Å². The zero-order chi connectivity index (χ0) is 20.2. The van der Waals surface area contributed by atoms with Gasteiger partial charge in [0.25, 0.3) is 0 Å². The number of fused-ring (bicyclic) bond motifs is 3. The third kappa shape index (κ3) is 3.39. The van der Waals surface area contributed by atoms with Crippen molar-refractivity contribution < 1.29 is 33.0 Å². The smallest absolute Gasteiger partial charge is 0.410 e. The second-order valence-corrected chi connectivity index (χ2v) is 14.0. The van der Waals surface area contributed by atoms with Gasteiger partial charge in [0, 0.05) is 13.5 Å². The number of ether oxygens (including phenoxy) is 4. The third-order valence-electron chi connectivity index (χ3n) is 6.47. The van der Waals surface area contributed by atoms with Gasteiger partial charge in [-0.3, -0.25) is 0 Å². The van der Waals surface area contributed by atoms with E-state index in [1.807, 2.05) is 0 Å². The summed E-state index contributed by atoms with van der Waals surface area (Å²) in [6, 6.07) is -0.282. The third-order valence-corrected chi connectivity index (χ3v) is 10.9. The molecule has 0 radical (unpaired) electrons. The molecule has 3 aliphatic heterocycles. The Morgan fingerprint density at radius 2 is 2.00 bits per heavy atom. The SMILES string of the molecule is COC(=O)[C@@]1(CO[Si](C)(C)C(C)(C)C)C[C@H]2OC[C@H]3OC(=O)N(C)[C@H]3[C@H]2O1. The Morgan fingerprint density at radius 3 is 2.59 bits per heavy atom. The topological polar surface area (TPSA) is 83.5 Å². The van der Waals surface area contributed by atoms with Crippen LogP contribution >= 0.6 is 0 Å². The van der Waals surface area contributed by atoms with E-state index in [0.29, 0.717) is 13.0 Å². The minimum absolute atomic E-state index is 0.00317. The van der Waals surface area contributed by atoms with Gasteiger partial charge in [0.15, 0.2) is 13.9 Å². The van der Waals surface area contributed by atoms with Crippen LogP contribution in [0.15, 0.2) is 0 Å². The molecule has 27 heavy (non-hydrogen) atoms. The van der Waals surface area contributed by atoms with Gasteiger partial charge in [-0.1, -0.05) is 20.8 Å². The van der Waals surface area contributed by atoms with Crippen molar-refractivity contribution in [2.45, 2.75) is 75.3 Å². The molecule has 3 saturated heterocycles. The highest BCUT2D eigenvalue weighted by Crippen LogP contribution is 2.44. The van der Waals surface area contributed by atoms with Crippen molar-refractivity contribution in [1.82, 2.24) is 4.90 Å². The number of rotatable bonds is 4. The monoisotopic (exact) mass is 401 g/mol. The molecule has 0 aromatic heterocycles. The van der Waals surface area contributed by atoms with E-state index in [4.69, 9.17) is 23.4 Å². The maximum atomic E-state index is 12.7. The Kier molecular flexibility index (Phi) is 5.12. The van der Waals surface area contributed by atoms with Crippen molar-refractivity contribution in [2.24, 2.45) is 0 Å². The van der Waals surface area contributed by atoms with Crippen LogP contribution < -0.4 is 0 Å². The highest BCUT2D eigenvalue weighted by atomic mass is 28.4. The van der Waals surface area contributed by atoms with Gasteiger partial charge in [-0.05, 0) is 18.1 Å². The lowest BCUT2D eigenvalue weighted by molar-refractivity contribution is -0.180. The van der Waals surface area contributed by atoms with Crippen molar-refractivity contribution in [1.29, 1.82) is 0 Å². The first-order valence-electron chi connectivity index (χ1n) is 9.37. The summed E-state index contributed by atoms with van der Waals surface area (Å²) >= 11 is 0. The van der Waals surface area contributed by atoms with Gasteiger partial charge in [0.1, 0.15) is 18.2 Å². The number of nitrogens with zero attached hydrogens (tertiary/aromatic N) is 1. The first-order valence-corrected chi connectivity index (χ1v) is 12.3. The standard InChI is InChI=1S/C18H31NO7Si/c1-17(2,3)27(6,7)24-10-18(15(20)22-5)8-11-14(26-18)13-12(9-23-11)25-16(21)19(13)4/h11-14H,8-10H2,1-7H3/t11-,12-,13-,14+,18+/m1/s1. The number of amides is 1. The number of hydrogen-bond donors (Lipinski definition) is 0. The summed E-state index contributed by atoms with van der Waals surface area (Å²) in [6.07, 6.45) is -1.22. The molecular weight excluding hydrogens is 370 g/mol. The van der Waals surface area contributed by atoms with E-state index in [1.165, 1.54) is 12.0 Å². The maximum Gasteiger partial charge on any atom is 0.410 e. The minimum Gasteiger partial charge on any atom is -0.467 e. The lowest BCUT2D eigenvalue weighted by Crippen LogP contribution is -2.55. The number of carbonyl (C=O) groups is 2. The van der Waals surface area contributed by atoms with Gasteiger partial charge in [-0.2, -0.15) is 0 Å². The number of esters is 1. The predicted molar refractivity (Wildman–Crippen MR) is 98.9 cm³/mol. The molecule has 0 bridgehead atoms. The van der Waals surface area contributed by atoms with E-state index < -0.39 is 38.2 Å². The zero-order valence-electron chi connectivity index (χ0n) is 17.2. The molecule has 3 fully saturated rings. The second-order valence-electron chi connectivity index (χ2n) is 9.22. The van der Waals surface area contributed by atoms with Gasteiger partial charge in [-0.15, -0.1) is 0 Å². The Balaban J connectivity index is 1.83. The van der Waals surface area contributed by atoms with Crippen molar-refractivity contribution in [2.75, 3.05) is 27.4 Å². The van der Waals surface area contributed by atoms with Crippen molar-refractivity contribution >= 4 is 20.4 Å². The zero-order valence-corrected chi connectivity index (χ0v) is 18.2. The predicted octanol–water partition coefficient (Wildman–Crippen LogP) is 1.93. The van der Waals surface area contributed by atoms with E-state index in [1.54, 1.807) is 7.05 Å². The van der Waals surface area contributed by atoms with Gasteiger partial charge in [0.05, 0.1) is 26.4 Å². The summed E-state index contributed by atoms with van der Waals surface area (Å²) in [7, 11) is 0.935. The van der Waals surface area contributed by atoms with E-state index >= 15 is 0 Å². The van der Waals surface area contributed by atoms with Gasteiger partial charge in [0.2, 0.25) is 0 Å². The number of carbonyl (C=O) groups excluding carboxylic acids is 2. The normalized spacial score (nSPS) is 36.3. The fourth-order valence-electron chi connectivity index (χ4n) is 3.69. The highest BCUT2D eigenvalue weighted by Gasteiger charge is 2.62. The summed E-state index contributed by atoms with van der Waals surface area (Å²) in [5.74, 6) is -0.469. The maximum absolute atomic E-state index is 12.7. The molecule has 9 heteroatoms. The number of likely N-dealkylation sites (N-methyl/N-ethyl adjacent to an activating group) is 1. The van der Waals surface area contributed by atoms with Crippen LogP contribution in [-0.4, -0.2) is 82.6 Å². The fourth-order valence-corrected chi connectivity index (χ4v) is 4.72. The van der Waals surface area contributed by atoms with Crippen molar-refractivity contribution in [3.63, 3.8) is 0 Å². The van der Waals surface area contributed by atoms with Gasteiger partial charge < -0.3 is 28.3 Å². The Hall–Kier alpha value is -1.16. The molecule has 5 atom stereocenters. The lowest BCUT2D eigenvalue weighted by atomic mass is 9.93. The molecule has 3 heterocycles. The molecule has 8 nitrogen and oxygen atoms in total. The lowest BCUT2D eigenvalue weighted by Gasteiger charge is -2.39. The average molecular weight is 402 g/mol. The number of methoxy groups -OCH3 is 1. The molecule has 1 amide bonds. The summed E-state index contributed by atoms with van der Waals surface area (Å²) in [6.45, 7) is 11.1. The molecule has 0 aliphatic carbocycles. The average Bonchev–Trinajstić information content (AvgIpc) is 3.10. The largest absolute Gasteiger partial charge is 0.467 e. The van der Waals surface area contributed by atoms with Crippen molar-refractivity contribution in [3.8, 4) is 0 Å². The molecule has 0 unspecified atom stereocenters. The van der Waals surface area contributed by atoms with Crippen LogP contribution in [0, 0.1) is 0 Å². The van der Waals surface area contributed by atoms with E-state index in [9.17, 15) is 9.59 Å². The summed E-state index contributed by atoms with van der Waals surface area (Å²) in [5, 5.41) is 0.00317. The van der Waals surface area contributed by atoms with Gasteiger partial charge in [-0.25, -0.2) is 9.59 Å². The Labute approximate surface area is 161 Å². The van der Waals surface area contributed by atoms with E-state index in [0.717, 1.165) is 0 Å². The molecule has 0 aromatic rings. The van der Waals surface area contributed by atoms with Gasteiger partial charge >= 0.3 is 12.1 Å². The molecule has 3 rings (SSSR count). The van der Waals surface area contributed by atoms with Crippen LogP contribution in [0.1, 0.15) is 27.2 Å². The van der Waals surface area contributed by atoms with Crippen molar-refractivity contribution in [3.05, 3.63) is 0 Å². The van der Waals surface area contributed by atoms with E-state index in [-0.39, 0.29) is 23.8 Å². The summed E-state index contributed by atoms with van der Waals surface area (Å²) in [4.78, 5) is 26.2. The molecule has 0 spiro atoms. The first kappa shape index (κ1) is 20.6. The molecule has 154 valence electrons. The summed E-state index contributed by atoms with van der Waals surface area (Å²) in [5.41, 5.74) is -1.24. The van der Waals surface area contributed by atoms with Crippen LogP contribution in [0.4, 0.5) is 4.79 Å². The fraction of sp³-hybridized carbons (Fsp3) is 0.889. The van der Waals surface area contributed by atoms with Crippen LogP contribution in [0.3, 0.4) is 0 Å². The number of hydrogen-bond acceptors (Lipinski definition) is 7.